The third kappa shape index (κ3) is 4.98. The van der Waals surface area contributed by atoms with E-state index in [1.54, 1.807) is 35.2 Å². The van der Waals surface area contributed by atoms with Crippen LogP contribution in [0.25, 0.3) is 17.2 Å². The summed E-state index contributed by atoms with van der Waals surface area (Å²) >= 11 is 0. The highest BCUT2D eigenvalue weighted by Crippen LogP contribution is 2.29. The average molecular weight is 415 g/mol. The smallest absolute Gasteiger partial charge is 0.331 e. The fourth-order valence-corrected chi connectivity index (χ4v) is 3.55. The van der Waals surface area contributed by atoms with Gasteiger partial charge in [0.25, 0.3) is 5.91 Å². The number of amides is 1. The number of hydrogen-bond acceptors (Lipinski definition) is 6. The highest BCUT2D eigenvalue weighted by atomic mass is 16.5. The Morgan fingerprint density at radius 1 is 1.16 bits per heavy atom. The molecular weight excluding hydrogens is 394 g/mol. The molecule has 1 aromatic heterocycles. The lowest BCUT2D eigenvalue weighted by molar-refractivity contribution is -0.148. The van der Waals surface area contributed by atoms with Crippen molar-refractivity contribution in [3.63, 3.8) is 0 Å². The number of esters is 1. The predicted octanol–water partition coefficient (Wildman–Crippen LogP) is 3.66. The molecule has 7 heteroatoms. The molecule has 0 atom stereocenters. The maximum atomic E-state index is 12.4. The highest BCUT2D eigenvalue weighted by molar-refractivity contribution is 5.89. The predicted molar refractivity (Wildman–Crippen MR) is 114 cm³/mol. The average Bonchev–Trinajstić information content (AvgIpc) is 3.26. The molecule has 2 heterocycles. The zero-order valence-corrected chi connectivity index (χ0v) is 16.9. The number of rotatable bonds is 5. The summed E-state index contributed by atoms with van der Waals surface area (Å²) in [5, 5.41) is 8.79. The summed E-state index contributed by atoms with van der Waals surface area (Å²) in [4.78, 5) is 30.5. The van der Waals surface area contributed by atoms with Crippen molar-refractivity contribution in [3.8, 4) is 6.07 Å². The van der Waals surface area contributed by atoms with Crippen molar-refractivity contribution < 1.29 is 18.7 Å². The molecule has 1 aliphatic heterocycles. The Morgan fingerprint density at radius 3 is 2.61 bits per heavy atom. The van der Waals surface area contributed by atoms with Gasteiger partial charge in [0.05, 0.1) is 11.6 Å². The first-order chi connectivity index (χ1) is 15.1. The molecule has 1 amide bonds. The maximum Gasteiger partial charge on any atom is 0.331 e. The van der Waals surface area contributed by atoms with E-state index in [-0.39, 0.29) is 18.4 Å². The summed E-state index contributed by atoms with van der Waals surface area (Å²) in [7, 11) is 0. The minimum Gasteiger partial charge on any atom is -0.452 e. The van der Waals surface area contributed by atoms with Crippen LogP contribution in [0.4, 0.5) is 0 Å². The van der Waals surface area contributed by atoms with E-state index in [1.807, 2.05) is 30.3 Å². The van der Waals surface area contributed by atoms with Crippen LogP contribution in [0.1, 0.15) is 35.8 Å². The Hall–Kier alpha value is -3.92. The summed E-state index contributed by atoms with van der Waals surface area (Å²) in [5.41, 5.74) is 2.93. The van der Waals surface area contributed by atoms with E-state index in [4.69, 9.17) is 14.4 Å². The number of benzene rings is 2. The Bertz CT molecular complexity index is 1120. The first-order valence-electron chi connectivity index (χ1n) is 10.1. The lowest BCUT2D eigenvalue weighted by atomic mass is 9.97. The van der Waals surface area contributed by atoms with Crippen LogP contribution < -0.4 is 0 Å². The largest absolute Gasteiger partial charge is 0.452 e. The van der Waals surface area contributed by atoms with E-state index in [0.717, 1.165) is 29.5 Å². The molecule has 1 aliphatic rings. The third-order valence-electron chi connectivity index (χ3n) is 5.30. The number of hydrogen-bond donors (Lipinski definition) is 0. The van der Waals surface area contributed by atoms with Crippen LogP contribution >= 0.6 is 0 Å². The molecule has 0 unspecified atom stereocenters. The van der Waals surface area contributed by atoms with Crippen LogP contribution in [0.5, 0.6) is 0 Å². The van der Waals surface area contributed by atoms with E-state index >= 15 is 0 Å². The molecule has 4 rings (SSSR count). The Kier molecular flexibility index (Phi) is 6.08. The number of likely N-dealkylation sites (tertiary alicyclic amines) is 1. The van der Waals surface area contributed by atoms with Gasteiger partial charge in [-0.1, -0.05) is 24.3 Å². The number of oxazole rings is 1. The molecule has 0 bridgehead atoms. The number of carbonyl (C=O) groups is 2. The Morgan fingerprint density at radius 2 is 1.90 bits per heavy atom. The minimum absolute atomic E-state index is 0.175. The summed E-state index contributed by atoms with van der Waals surface area (Å²) in [5.74, 6) is 0.0947. The lowest BCUT2D eigenvalue weighted by Gasteiger charge is -2.30. The van der Waals surface area contributed by atoms with Crippen LogP contribution in [0.3, 0.4) is 0 Å². The molecule has 3 aromatic rings. The van der Waals surface area contributed by atoms with Crippen LogP contribution in [-0.4, -0.2) is 41.5 Å². The van der Waals surface area contributed by atoms with Crippen molar-refractivity contribution >= 4 is 29.1 Å². The van der Waals surface area contributed by atoms with E-state index in [2.05, 4.69) is 4.98 Å². The van der Waals surface area contributed by atoms with Crippen molar-refractivity contribution in [1.29, 1.82) is 5.26 Å². The molecule has 7 nitrogen and oxygen atoms in total. The molecule has 1 fully saturated rings. The van der Waals surface area contributed by atoms with Gasteiger partial charge in [0.2, 0.25) is 0 Å². The molecule has 0 N–H and O–H groups in total. The van der Waals surface area contributed by atoms with Crippen LogP contribution in [0.2, 0.25) is 0 Å². The van der Waals surface area contributed by atoms with Gasteiger partial charge >= 0.3 is 5.97 Å². The number of ether oxygens (including phenoxy) is 1. The van der Waals surface area contributed by atoms with Crippen molar-refractivity contribution in [2.75, 3.05) is 19.7 Å². The second-order valence-electron chi connectivity index (χ2n) is 7.35. The van der Waals surface area contributed by atoms with Gasteiger partial charge in [-0.15, -0.1) is 0 Å². The number of nitriles is 1. The summed E-state index contributed by atoms with van der Waals surface area (Å²) in [6.45, 7) is 0.853. The van der Waals surface area contributed by atoms with Gasteiger partial charge in [0, 0.05) is 25.1 Å². The van der Waals surface area contributed by atoms with Crippen molar-refractivity contribution in [1.82, 2.24) is 9.88 Å². The monoisotopic (exact) mass is 415 g/mol. The zero-order valence-electron chi connectivity index (χ0n) is 16.9. The summed E-state index contributed by atoms with van der Waals surface area (Å²) in [6.07, 6.45) is 4.37. The normalized spacial score (nSPS) is 14.6. The third-order valence-corrected chi connectivity index (χ3v) is 5.30. The minimum atomic E-state index is -0.584. The molecule has 0 aliphatic carbocycles. The fraction of sp³-hybridized carbons (Fsp3) is 0.250. The van der Waals surface area contributed by atoms with E-state index < -0.39 is 5.97 Å². The first kappa shape index (κ1) is 20.4. The zero-order chi connectivity index (χ0) is 21.6. The fourth-order valence-electron chi connectivity index (χ4n) is 3.55. The number of aromatic nitrogens is 1. The van der Waals surface area contributed by atoms with Gasteiger partial charge in [-0.25, -0.2) is 9.78 Å². The lowest BCUT2D eigenvalue weighted by Crippen LogP contribution is -2.40. The van der Waals surface area contributed by atoms with Gasteiger partial charge in [-0.2, -0.15) is 5.26 Å². The second-order valence-corrected chi connectivity index (χ2v) is 7.35. The van der Waals surface area contributed by atoms with Crippen LogP contribution in [0.15, 0.2) is 59.0 Å². The van der Waals surface area contributed by atoms with Crippen molar-refractivity contribution in [3.05, 3.63) is 71.6 Å². The second kappa shape index (κ2) is 9.26. The first-order valence-corrected chi connectivity index (χ1v) is 10.1. The molecule has 0 radical (unpaired) electrons. The van der Waals surface area contributed by atoms with E-state index in [1.165, 1.54) is 6.08 Å². The summed E-state index contributed by atoms with van der Waals surface area (Å²) in [6, 6.07) is 16.5. The number of nitrogens with zero attached hydrogens (tertiary/aromatic N) is 3. The number of carbonyl (C=O) groups excluding carboxylic acids is 2. The number of fused-ring (bicyclic) bond motifs is 1. The van der Waals surface area contributed by atoms with Gasteiger partial charge in [0.1, 0.15) is 5.52 Å². The Labute approximate surface area is 179 Å². The van der Waals surface area contributed by atoms with E-state index in [9.17, 15) is 9.59 Å². The molecule has 31 heavy (non-hydrogen) atoms. The van der Waals surface area contributed by atoms with Crippen LogP contribution in [-0.2, 0) is 14.3 Å². The van der Waals surface area contributed by atoms with Crippen molar-refractivity contribution in [2.24, 2.45) is 0 Å². The highest BCUT2D eigenvalue weighted by Gasteiger charge is 2.27. The van der Waals surface area contributed by atoms with Gasteiger partial charge in [-0.3, -0.25) is 4.79 Å². The molecule has 0 spiro atoms. The van der Waals surface area contributed by atoms with Gasteiger partial charge in [-0.05, 0) is 48.7 Å². The Balaban J connectivity index is 1.23. The molecule has 0 saturated carbocycles. The van der Waals surface area contributed by atoms with Gasteiger partial charge < -0.3 is 14.1 Å². The van der Waals surface area contributed by atoms with Crippen LogP contribution in [0, 0.1) is 11.3 Å². The topological polar surface area (TPSA) is 96.4 Å². The molecule has 1 saturated heterocycles. The summed E-state index contributed by atoms with van der Waals surface area (Å²) < 4.78 is 10.9. The van der Waals surface area contributed by atoms with E-state index in [0.29, 0.717) is 24.5 Å². The SMILES string of the molecule is N#Cc1ccc(/C=C/C(=O)OCC(=O)N2CCC(c3nc4ccccc4o3)CC2)cc1. The molecule has 156 valence electrons. The maximum absolute atomic E-state index is 12.4. The number of piperidine rings is 1. The number of para-hydroxylation sites is 2. The molecule has 2 aromatic carbocycles. The van der Waals surface area contributed by atoms with Crippen molar-refractivity contribution in [2.45, 2.75) is 18.8 Å². The molecular formula is C24H21N3O4. The standard InChI is InChI=1S/C24H21N3O4/c25-15-18-7-5-17(6-8-18)9-10-23(29)30-16-22(28)27-13-11-19(12-14-27)24-26-20-3-1-2-4-21(20)31-24/h1-10,19H,11-14,16H2/b10-9+. The van der Waals surface area contributed by atoms with Gasteiger partial charge in [0.15, 0.2) is 18.1 Å². The quantitative estimate of drug-likeness (QED) is 0.466.